The van der Waals surface area contributed by atoms with Crippen LogP contribution < -0.4 is 14.8 Å². The van der Waals surface area contributed by atoms with Crippen molar-refractivity contribution in [1.29, 1.82) is 0 Å². The lowest BCUT2D eigenvalue weighted by Gasteiger charge is -2.16. The number of nitrogens with one attached hydrogen (secondary N) is 1. The molecule has 2 aromatic carbocycles. The van der Waals surface area contributed by atoms with Crippen molar-refractivity contribution < 1.29 is 14.3 Å². The van der Waals surface area contributed by atoms with Crippen LogP contribution in [0, 0.1) is 0 Å². The second kappa shape index (κ2) is 8.06. The molecule has 0 unspecified atom stereocenters. The molecule has 1 N–H and O–H groups in total. The summed E-state index contributed by atoms with van der Waals surface area (Å²) in [6, 6.07) is 11.3. The van der Waals surface area contributed by atoms with Gasteiger partial charge in [0.1, 0.15) is 0 Å². The minimum absolute atomic E-state index is 0.115. The van der Waals surface area contributed by atoms with E-state index in [1.807, 2.05) is 19.1 Å². The van der Waals surface area contributed by atoms with E-state index in [0.717, 1.165) is 12.0 Å². The zero-order valence-corrected chi connectivity index (χ0v) is 15.1. The number of carbonyl (C=O) groups excluding carboxylic acids is 1. The highest BCUT2D eigenvalue weighted by atomic mass is 35.5. The standard InChI is InChI=1S/C19H22ClNO3/c1-5-13-6-8-14(9-7-13)12(2)21-19(22)15-10-16(20)18(24-4)17(11-15)23-3/h6-12H,5H2,1-4H3,(H,21,22)/t12-/m0/s1. The molecule has 0 saturated heterocycles. The average molecular weight is 348 g/mol. The molecule has 0 radical (unpaired) electrons. The number of aryl methyl sites for hydroxylation is 1. The van der Waals surface area contributed by atoms with E-state index in [1.165, 1.54) is 19.8 Å². The normalized spacial score (nSPS) is 11.7. The molecule has 0 aliphatic rings. The molecule has 1 atom stereocenters. The Hall–Kier alpha value is -2.20. The van der Waals surface area contributed by atoms with Crippen LogP contribution in [0.1, 0.15) is 41.4 Å². The number of benzene rings is 2. The SMILES string of the molecule is CCc1ccc([C@H](C)NC(=O)c2cc(Cl)c(OC)c(OC)c2)cc1. The van der Waals surface area contributed by atoms with E-state index in [-0.39, 0.29) is 11.9 Å². The molecule has 2 rings (SSSR count). The highest BCUT2D eigenvalue weighted by Gasteiger charge is 2.17. The first-order valence-electron chi connectivity index (χ1n) is 7.81. The molecule has 5 heteroatoms. The van der Waals surface area contributed by atoms with Crippen LogP contribution in [0.4, 0.5) is 0 Å². The van der Waals surface area contributed by atoms with Crippen LogP contribution in [0.5, 0.6) is 11.5 Å². The van der Waals surface area contributed by atoms with Crippen molar-refractivity contribution >= 4 is 17.5 Å². The van der Waals surface area contributed by atoms with Gasteiger partial charge in [0.25, 0.3) is 5.91 Å². The minimum Gasteiger partial charge on any atom is -0.493 e. The molecule has 0 fully saturated rings. The summed E-state index contributed by atoms with van der Waals surface area (Å²) in [5.41, 5.74) is 2.74. The molecule has 1 amide bonds. The van der Waals surface area contributed by atoms with Gasteiger partial charge in [-0.1, -0.05) is 42.8 Å². The number of hydrogen-bond donors (Lipinski definition) is 1. The number of ether oxygens (including phenoxy) is 2. The fourth-order valence-electron chi connectivity index (χ4n) is 2.45. The van der Waals surface area contributed by atoms with Crippen molar-refractivity contribution in [2.24, 2.45) is 0 Å². The summed E-state index contributed by atoms with van der Waals surface area (Å²) in [5.74, 6) is 0.624. The molecule has 0 heterocycles. The second-order valence-electron chi connectivity index (χ2n) is 5.48. The fraction of sp³-hybridized carbons (Fsp3) is 0.316. The van der Waals surface area contributed by atoms with Crippen molar-refractivity contribution in [2.75, 3.05) is 14.2 Å². The van der Waals surface area contributed by atoms with E-state index in [2.05, 4.69) is 24.4 Å². The topological polar surface area (TPSA) is 47.6 Å². The van der Waals surface area contributed by atoms with E-state index >= 15 is 0 Å². The van der Waals surface area contributed by atoms with Crippen LogP contribution in [0.15, 0.2) is 36.4 Å². The van der Waals surface area contributed by atoms with E-state index in [0.29, 0.717) is 22.1 Å². The van der Waals surface area contributed by atoms with Crippen molar-refractivity contribution in [1.82, 2.24) is 5.32 Å². The lowest BCUT2D eigenvalue weighted by molar-refractivity contribution is 0.0939. The van der Waals surface area contributed by atoms with Crippen LogP contribution in [-0.2, 0) is 6.42 Å². The Labute approximate surface area is 147 Å². The summed E-state index contributed by atoms with van der Waals surface area (Å²) in [4.78, 5) is 12.5. The molecular weight excluding hydrogens is 326 g/mol. The first-order chi connectivity index (χ1) is 11.5. The van der Waals surface area contributed by atoms with Crippen LogP contribution >= 0.6 is 11.6 Å². The number of rotatable bonds is 6. The van der Waals surface area contributed by atoms with Gasteiger partial charge in [-0.2, -0.15) is 0 Å². The molecule has 2 aromatic rings. The molecule has 4 nitrogen and oxygen atoms in total. The third-order valence-corrected chi connectivity index (χ3v) is 4.21. The maximum absolute atomic E-state index is 12.5. The Balaban J connectivity index is 2.18. The van der Waals surface area contributed by atoms with Gasteiger partial charge in [0.05, 0.1) is 25.3 Å². The predicted molar refractivity (Wildman–Crippen MR) is 96.3 cm³/mol. The number of methoxy groups -OCH3 is 2. The van der Waals surface area contributed by atoms with Crippen molar-refractivity contribution in [3.63, 3.8) is 0 Å². The van der Waals surface area contributed by atoms with Crippen molar-refractivity contribution in [2.45, 2.75) is 26.3 Å². The second-order valence-corrected chi connectivity index (χ2v) is 5.89. The van der Waals surface area contributed by atoms with Gasteiger partial charge in [-0.25, -0.2) is 0 Å². The van der Waals surface area contributed by atoms with E-state index in [1.54, 1.807) is 12.1 Å². The summed E-state index contributed by atoms with van der Waals surface area (Å²) in [5, 5.41) is 3.31. The molecular formula is C19H22ClNO3. The Morgan fingerprint density at radius 1 is 1.17 bits per heavy atom. The van der Waals surface area contributed by atoms with E-state index < -0.39 is 0 Å². The molecule has 0 aromatic heterocycles. The predicted octanol–water partition coefficient (Wildman–Crippen LogP) is 4.41. The van der Waals surface area contributed by atoms with Crippen molar-refractivity contribution in [3.05, 3.63) is 58.1 Å². The molecule has 0 aliphatic carbocycles. The molecule has 24 heavy (non-hydrogen) atoms. The van der Waals surface area contributed by atoms with E-state index in [4.69, 9.17) is 21.1 Å². The third kappa shape index (κ3) is 4.01. The summed E-state index contributed by atoms with van der Waals surface area (Å²) < 4.78 is 10.4. The van der Waals surface area contributed by atoms with Crippen LogP contribution in [-0.4, -0.2) is 20.1 Å². The first-order valence-corrected chi connectivity index (χ1v) is 8.19. The zero-order valence-electron chi connectivity index (χ0n) is 14.4. The fourth-order valence-corrected chi connectivity index (χ4v) is 2.74. The van der Waals surface area contributed by atoms with Gasteiger partial charge < -0.3 is 14.8 Å². The Bertz CT molecular complexity index is 713. The summed E-state index contributed by atoms with van der Waals surface area (Å²) in [7, 11) is 3.01. The van der Waals surface area contributed by atoms with Gasteiger partial charge >= 0.3 is 0 Å². The number of carbonyl (C=O) groups is 1. The lowest BCUT2D eigenvalue weighted by Crippen LogP contribution is -2.26. The van der Waals surface area contributed by atoms with Crippen LogP contribution in [0.25, 0.3) is 0 Å². The largest absolute Gasteiger partial charge is 0.493 e. The smallest absolute Gasteiger partial charge is 0.251 e. The molecule has 128 valence electrons. The first kappa shape index (κ1) is 18.1. The van der Waals surface area contributed by atoms with Crippen molar-refractivity contribution in [3.8, 4) is 11.5 Å². The summed E-state index contributed by atoms with van der Waals surface area (Å²) in [6.07, 6.45) is 0.991. The Morgan fingerprint density at radius 2 is 1.83 bits per heavy atom. The Morgan fingerprint density at radius 3 is 2.38 bits per heavy atom. The highest BCUT2D eigenvalue weighted by molar-refractivity contribution is 6.32. The number of halogens is 1. The van der Waals surface area contributed by atoms with Gasteiger partial charge in [0, 0.05) is 5.56 Å². The molecule has 0 aliphatic heterocycles. The number of amides is 1. The van der Waals surface area contributed by atoms with Crippen LogP contribution in [0.2, 0.25) is 5.02 Å². The Kier molecular flexibility index (Phi) is 6.10. The van der Waals surface area contributed by atoms with Gasteiger partial charge in [0.15, 0.2) is 11.5 Å². The molecule has 0 spiro atoms. The molecule has 0 bridgehead atoms. The van der Waals surface area contributed by atoms with Gasteiger partial charge in [-0.15, -0.1) is 0 Å². The van der Waals surface area contributed by atoms with Crippen LogP contribution in [0.3, 0.4) is 0 Å². The van der Waals surface area contributed by atoms with E-state index in [9.17, 15) is 4.79 Å². The maximum Gasteiger partial charge on any atom is 0.251 e. The average Bonchev–Trinajstić information content (AvgIpc) is 2.60. The quantitative estimate of drug-likeness (QED) is 0.841. The zero-order chi connectivity index (χ0) is 17.7. The lowest BCUT2D eigenvalue weighted by atomic mass is 10.0. The van der Waals surface area contributed by atoms with Gasteiger partial charge in [-0.05, 0) is 36.6 Å². The maximum atomic E-state index is 12.5. The third-order valence-electron chi connectivity index (χ3n) is 3.93. The number of hydrogen-bond acceptors (Lipinski definition) is 3. The van der Waals surface area contributed by atoms with Gasteiger partial charge in [-0.3, -0.25) is 4.79 Å². The highest BCUT2D eigenvalue weighted by Crippen LogP contribution is 2.36. The summed E-state index contributed by atoms with van der Waals surface area (Å²) >= 11 is 6.16. The molecule has 0 saturated carbocycles. The monoisotopic (exact) mass is 347 g/mol. The van der Waals surface area contributed by atoms with Gasteiger partial charge in [0.2, 0.25) is 0 Å². The summed E-state index contributed by atoms with van der Waals surface area (Å²) in [6.45, 7) is 4.06. The minimum atomic E-state index is -0.218.